The average molecular weight is 317 g/mol. The van der Waals surface area contributed by atoms with Crippen molar-refractivity contribution in [1.82, 2.24) is 9.80 Å². The minimum atomic E-state index is 0.197. The van der Waals surface area contributed by atoms with Gasteiger partial charge in [0.2, 0.25) is 5.91 Å². The van der Waals surface area contributed by atoms with Gasteiger partial charge in [-0.3, -0.25) is 9.69 Å². The van der Waals surface area contributed by atoms with Crippen LogP contribution in [0.25, 0.3) is 0 Å². The third kappa shape index (κ3) is 4.69. The molecule has 23 heavy (non-hydrogen) atoms. The summed E-state index contributed by atoms with van der Waals surface area (Å²) in [7, 11) is 0. The number of benzene rings is 1. The minimum Gasteiger partial charge on any atom is -0.381 e. The van der Waals surface area contributed by atoms with Crippen molar-refractivity contribution in [2.24, 2.45) is 0 Å². The zero-order chi connectivity index (χ0) is 15.9. The molecule has 2 fully saturated rings. The Morgan fingerprint density at radius 3 is 2.65 bits per heavy atom. The molecule has 0 spiro atoms. The monoisotopic (exact) mass is 317 g/mol. The largest absolute Gasteiger partial charge is 0.381 e. The molecule has 0 saturated carbocycles. The predicted octanol–water partition coefficient (Wildman–Crippen LogP) is 1.81. The van der Waals surface area contributed by atoms with E-state index in [-0.39, 0.29) is 5.91 Å². The summed E-state index contributed by atoms with van der Waals surface area (Å²) >= 11 is 0. The number of para-hydroxylation sites is 1. The van der Waals surface area contributed by atoms with Gasteiger partial charge in [-0.15, -0.1) is 0 Å². The first-order valence-corrected chi connectivity index (χ1v) is 8.71. The van der Waals surface area contributed by atoms with Crippen molar-refractivity contribution in [3.63, 3.8) is 0 Å². The van der Waals surface area contributed by atoms with Crippen molar-refractivity contribution in [3.8, 4) is 0 Å². The maximum absolute atomic E-state index is 12.4. The Bertz CT molecular complexity index is 488. The lowest BCUT2D eigenvalue weighted by molar-refractivity contribution is -0.129. The van der Waals surface area contributed by atoms with Gasteiger partial charge in [0.25, 0.3) is 0 Å². The van der Waals surface area contributed by atoms with E-state index < -0.39 is 0 Å². The molecule has 1 aromatic rings. The molecular weight excluding hydrogens is 290 g/mol. The summed E-state index contributed by atoms with van der Waals surface area (Å²) in [6.07, 6.45) is 3.32. The van der Waals surface area contributed by atoms with Crippen molar-refractivity contribution >= 4 is 11.6 Å². The highest BCUT2D eigenvalue weighted by molar-refractivity contribution is 5.80. The first-order valence-electron chi connectivity index (χ1n) is 8.71. The molecular formula is C18H27N3O2. The van der Waals surface area contributed by atoms with E-state index in [0.29, 0.717) is 12.6 Å². The van der Waals surface area contributed by atoms with E-state index in [1.807, 2.05) is 35.2 Å². The van der Waals surface area contributed by atoms with Crippen molar-refractivity contribution in [1.29, 1.82) is 0 Å². The number of hydrogen-bond donors (Lipinski definition) is 1. The van der Waals surface area contributed by atoms with Crippen molar-refractivity contribution in [2.75, 3.05) is 51.3 Å². The fourth-order valence-corrected chi connectivity index (χ4v) is 3.45. The van der Waals surface area contributed by atoms with Crippen LogP contribution >= 0.6 is 0 Å². The van der Waals surface area contributed by atoms with Gasteiger partial charge in [0, 0.05) is 51.1 Å². The maximum Gasteiger partial charge on any atom is 0.241 e. The van der Waals surface area contributed by atoms with Crippen LogP contribution in [0.1, 0.15) is 19.3 Å². The number of amides is 1. The van der Waals surface area contributed by atoms with Gasteiger partial charge in [0.15, 0.2) is 0 Å². The Labute approximate surface area is 138 Å². The van der Waals surface area contributed by atoms with Crippen LogP contribution in [0.4, 0.5) is 5.69 Å². The average Bonchev–Trinajstić information content (AvgIpc) is 2.87. The molecule has 0 aliphatic carbocycles. The molecule has 1 amide bonds. The predicted molar refractivity (Wildman–Crippen MR) is 91.5 cm³/mol. The van der Waals surface area contributed by atoms with E-state index in [2.05, 4.69) is 10.2 Å². The molecule has 2 aliphatic rings. The summed E-state index contributed by atoms with van der Waals surface area (Å²) in [4.78, 5) is 17.0. The van der Waals surface area contributed by atoms with Crippen LogP contribution < -0.4 is 5.32 Å². The molecule has 3 rings (SSSR count). The van der Waals surface area contributed by atoms with Gasteiger partial charge >= 0.3 is 0 Å². The molecule has 0 unspecified atom stereocenters. The molecule has 126 valence electrons. The summed E-state index contributed by atoms with van der Waals surface area (Å²) in [5.41, 5.74) is 1.000. The van der Waals surface area contributed by atoms with Crippen LogP contribution in [-0.4, -0.2) is 67.7 Å². The van der Waals surface area contributed by atoms with E-state index in [9.17, 15) is 4.79 Å². The molecule has 0 atom stereocenters. The van der Waals surface area contributed by atoms with E-state index in [1.54, 1.807) is 0 Å². The number of nitrogens with one attached hydrogen (secondary N) is 1. The zero-order valence-corrected chi connectivity index (χ0v) is 13.7. The van der Waals surface area contributed by atoms with Crippen LogP contribution in [0.15, 0.2) is 30.3 Å². The number of carbonyl (C=O) groups is 1. The molecule has 1 aromatic carbocycles. The maximum atomic E-state index is 12.4. The molecule has 0 bridgehead atoms. The van der Waals surface area contributed by atoms with Gasteiger partial charge in [-0.25, -0.2) is 0 Å². The van der Waals surface area contributed by atoms with E-state index in [1.165, 1.54) is 0 Å². The van der Waals surface area contributed by atoms with Crippen LogP contribution in [0.2, 0.25) is 0 Å². The van der Waals surface area contributed by atoms with Crippen LogP contribution in [0.5, 0.6) is 0 Å². The Hall–Kier alpha value is -1.59. The van der Waals surface area contributed by atoms with Crippen LogP contribution in [0.3, 0.4) is 0 Å². The smallest absolute Gasteiger partial charge is 0.241 e. The normalized spacial score (nSPS) is 21.0. The fraction of sp³-hybridized carbons (Fsp3) is 0.611. The van der Waals surface area contributed by atoms with Crippen LogP contribution in [-0.2, 0) is 9.53 Å². The van der Waals surface area contributed by atoms with E-state index in [4.69, 9.17) is 4.74 Å². The Morgan fingerprint density at radius 1 is 1.09 bits per heavy atom. The second kappa shape index (κ2) is 8.31. The molecule has 0 aromatic heterocycles. The summed E-state index contributed by atoms with van der Waals surface area (Å²) in [6.45, 7) is 5.93. The summed E-state index contributed by atoms with van der Waals surface area (Å²) in [5, 5.41) is 3.22. The van der Waals surface area contributed by atoms with Crippen molar-refractivity contribution in [2.45, 2.75) is 25.3 Å². The number of carbonyl (C=O) groups excluding carboxylic acids is 1. The van der Waals surface area contributed by atoms with Gasteiger partial charge in [0.05, 0.1) is 6.54 Å². The number of anilines is 1. The van der Waals surface area contributed by atoms with Crippen molar-refractivity contribution in [3.05, 3.63) is 30.3 Å². The lowest BCUT2D eigenvalue weighted by Crippen LogP contribution is -2.42. The first-order chi connectivity index (χ1) is 11.3. The van der Waals surface area contributed by atoms with E-state index in [0.717, 1.165) is 64.3 Å². The van der Waals surface area contributed by atoms with Gasteiger partial charge in [-0.2, -0.15) is 0 Å². The number of nitrogens with zero attached hydrogens (tertiary/aromatic N) is 2. The zero-order valence-electron chi connectivity index (χ0n) is 13.7. The number of rotatable bonds is 4. The molecule has 5 nitrogen and oxygen atoms in total. The molecule has 1 N–H and O–H groups in total. The third-order valence-corrected chi connectivity index (χ3v) is 4.81. The highest BCUT2D eigenvalue weighted by Crippen LogP contribution is 2.16. The molecule has 2 heterocycles. The fourth-order valence-electron chi connectivity index (χ4n) is 3.45. The third-order valence-electron chi connectivity index (χ3n) is 4.81. The quantitative estimate of drug-likeness (QED) is 0.920. The second-order valence-corrected chi connectivity index (χ2v) is 6.33. The summed E-state index contributed by atoms with van der Waals surface area (Å²) in [6, 6.07) is 10.5. The van der Waals surface area contributed by atoms with Gasteiger partial charge < -0.3 is 15.0 Å². The Morgan fingerprint density at radius 2 is 1.87 bits per heavy atom. The van der Waals surface area contributed by atoms with Gasteiger partial charge in [-0.1, -0.05) is 18.2 Å². The molecule has 2 aliphatic heterocycles. The lowest BCUT2D eigenvalue weighted by Gasteiger charge is -2.33. The second-order valence-electron chi connectivity index (χ2n) is 6.33. The number of hydrogen-bond acceptors (Lipinski definition) is 4. The molecule has 5 heteroatoms. The summed E-state index contributed by atoms with van der Waals surface area (Å²) < 4.78 is 5.46. The Balaban J connectivity index is 1.46. The van der Waals surface area contributed by atoms with E-state index >= 15 is 0 Å². The SMILES string of the molecule is O=C(CNc1ccccc1)N1CCCN(C2CCOCC2)CC1. The highest BCUT2D eigenvalue weighted by Gasteiger charge is 2.25. The molecule has 0 radical (unpaired) electrons. The van der Waals surface area contributed by atoms with Gasteiger partial charge in [0.1, 0.15) is 0 Å². The van der Waals surface area contributed by atoms with Crippen LogP contribution in [0, 0.1) is 0 Å². The molecule has 2 saturated heterocycles. The standard InChI is InChI=1S/C18H27N3O2/c22-18(15-19-16-5-2-1-3-6-16)21-10-4-9-20(11-12-21)17-7-13-23-14-8-17/h1-3,5-6,17,19H,4,7-15H2. The highest BCUT2D eigenvalue weighted by atomic mass is 16.5. The van der Waals surface area contributed by atoms with Gasteiger partial charge in [-0.05, 0) is 31.4 Å². The summed E-state index contributed by atoms with van der Waals surface area (Å²) in [5.74, 6) is 0.197. The van der Waals surface area contributed by atoms with Crippen molar-refractivity contribution < 1.29 is 9.53 Å². The topological polar surface area (TPSA) is 44.8 Å². The Kier molecular flexibility index (Phi) is 5.88. The minimum absolute atomic E-state index is 0.197. The lowest BCUT2D eigenvalue weighted by atomic mass is 10.1. The first kappa shape index (κ1) is 16.3. The number of ether oxygens (including phenoxy) is 1.